The van der Waals surface area contributed by atoms with Crippen molar-refractivity contribution in [1.29, 1.82) is 0 Å². The van der Waals surface area contributed by atoms with Crippen molar-refractivity contribution in [2.75, 3.05) is 13.2 Å². The van der Waals surface area contributed by atoms with Crippen LogP contribution in [-0.2, 0) is 9.47 Å². The van der Waals surface area contributed by atoms with Gasteiger partial charge in [0.2, 0.25) is 11.4 Å². The number of aromatic nitrogens is 6. The third-order valence-corrected chi connectivity index (χ3v) is 5.70. The molecule has 29 heavy (non-hydrogen) atoms. The SMILES string of the molecule is CCOC(=O)c1nnn2c1sc1c(C(=O)OCC)nnn1c1cc(Cl)c(Cl)cc12. The number of hydrogen-bond donors (Lipinski definition) is 0. The number of rotatable bonds is 4. The lowest BCUT2D eigenvalue weighted by Gasteiger charge is -2.00. The summed E-state index contributed by atoms with van der Waals surface area (Å²) in [5.74, 6) is -1.30. The summed E-state index contributed by atoms with van der Waals surface area (Å²) in [4.78, 5) is 25.4. The smallest absolute Gasteiger partial charge is 0.362 e. The van der Waals surface area contributed by atoms with Crippen molar-refractivity contribution < 1.29 is 19.1 Å². The molecule has 0 bridgehead atoms. The Labute approximate surface area is 176 Å². The third-order valence-electron chi connectivity index (χ3n) is 3.86. The summed E-state index contributed by atoms with van der Waals surface area (Å²) in [7, 11) is 0. The van der Waals surface area contributed by atoms with Crippen molar-refractivity contribution in [3.63, 3.8) is 0 Å². The molecule has 4 aromatic rings. The van der Waals surface area contributed by atoms with Crippen molar-refractivity contribution in [2.24, 2.45) is 0 Å². The third kappa shape index (κ3) is 3.20. The van der Waals surface area contributed by atoms with E-state index in [0.29, 0.717) is 20.7 Å². The molecule has 0 amide bonds. The van der Waals surface area contributed by atoms with Crippen LogP contribution in [0.15, 0.2) is 12.1 Å². The molecule has 0 aliphatic rings. The summed E-state index contributed by atoms with van der Waals surface area (Å²) in [6.45, 7) is 3.70. The highest BCUT2D eigenvalue weighted by Crippen LogP contribution is 2.31. The molecule has 3 heterocycles. The monoisotopic (exact) mass is 454 g/mol. The summed E-state index contributed by atoms with van der Waals surface area (Å²) in [6.07, 6.45) is 0. The van der Waals surface area contributed by atoms with Crippen LogP contribution in [0.1, 0.15) is 34.8 Å². The molecule has 0 aliphatic carbocycles. The zero-order valence-electron chi connectivity index (χ0n) is 15.0. The van der Waals surface area contributed by atoms with Crippen LogP contribution in [0.5, 0.6) is 0 Å². The summed E-state index contributed by atoms with van der Waals surface area (Å²) in [6, 6.07) is 3.13. The van der Waals surface area contributed by atoms with Crippen LogP contribution >= 0.6 is 34.5 Å². The van der Waals surface area contributed by atoms with E-state index in [1.165, 1.54) is 9.03 Å². The van der Waals surface area contributed by atoms with E-state index in [0.717, 1.165) is 11.3 Å². The van der Waals surface area contributed by atoms with Gasteiger partial charge in [-0.3, -0.25) is 0 Å². The van der Waals surface area contributed by atoms with Crippen LogP contribution in [0.3, 0.4) is 0 Å². The van der Waals surface area contributed by atoms with E-state index in [1.54, 1.807) is 26.0 Å². The van der Waals surface area contributed by atoms with Crippen LogP contribution < -0.4 is 0 Å². The molecule has 0 spiro atoms. The molecule has 0 N–H and O–H groups in total. The zero-order valence-corrected chi connectivity index (χ0v) is 17.4. The fourth-order valence-electron chi connectivity index (χ4n) is 2.66. The van der Waals surface area contributed by atoms with Gasteiger partial charge in [-0.25, -0.2) is 18.6 Å². The standard InChI is InChI=1S/C16H12Cl2N6O4S/c1-3-27-15(25)11-13-23(21-19-11)9-5-7(17)8(18)6-10(9)24-14(29-13)12(20-22-24)16(26)28-4-2/h5-6H,3-4H2,1-2H3. The fraction of sp³-hybridized carbons (Fsp3) is 0.250. The van der Waals surface area contributed by atoms with E-state index in [4.69, 9.17) is 32.7 Å². The second-order valence-electron chi connectivity index (χ2n) is 5.61. The maximum absolute atomic E-state index is 12.4. The molecule has 13 heteroatoms. The van der Waals surface area contributed by atoms with Crippen LogP contribution in [0.25, 0.3) is 20.7 Å². The number of benzene rings is 1. The molecule has 10 nitrogen and oxygen atoms in total. The highest BCUT2D eigenvalue weighted by atomic mass is 35.5. The van der Waals surface area contributed by atoms with Gasteiger partial charge in [0, 0.05) is 0 Å². The molecular weight excluding hydrogens is 443 g/mol. The molecule has 4 rings (SSSR count). The first kappa shape index (κ1) is 19.6. The Morgan fingerprint density at radius 1 is 0.897 bits per heavy atom. The van der Waals surface area contributed by atoms with E-state index >= 15 is 0 Å². The average molecular weight is 455 g/mol. The van der Waals surface area contributed by atoms with Gasteiger partial charge in [0.25, 0.3) is 0 Å². The molecular formula is C16H12Cl2N6O4S. The Hall–Kier alpha value is -2.76. The zero-order chi connectivity index (χ0) is 20.7. The highest BCUT2D eigenvalue weighted by Gasteiger charge is 2.23. The Morgan fingerprint density at radius 3 is 1.69 bits per heavy atom. The van der Waals surface area contributed by atoms with E-state index in [1.807, 2.05) is 0 Å². The van der Waals surface area contributed by atoms with Crippen molar-refractivity contribution in [1.82, 2.24) is 29.7 Å². The van der Waals surface area contributed by atoms with Gasteiger partial charge in [-0.15, -0.1) is 10.2 Å². The minimum atomic E-state index is -0.651. The Balaban J connectivity index is 2.19. The minimum Gasteiger partial charge on any atom is -0.461 e. The number of hydrogen-bond acceptors (Lipinski definition) is 9. The minimum absolute atomic E-state index is 0.0154. The number of fused-ring (bicyclic) bond motifs is 5. The first-order chi connectivity index (χ1) is 14.0. The van der Waals surface area contributed by atoms with Crippen molar-refractivity contribution in [2.45, 2.75) is 13.8 Å². The fourth-order valence-corrected chi connectivity index (χ4v) is 4.04. The molecule has 0 fully saturated rings. The molecule has 0 saturated carbocycles. The van der Waals surface area contributed by atoms with E-state index < -0.39 is 11.9 Å². The van der Waals surface area contributed by atoms with Gasteiger partial charge < -0.3 is 9.47 Å². The first-order valence-corrected chi connectivity index (χ1v) is 9.96. The Bertz CT molecular complexity index is 1210. The van der Waals surface area contributed by atoms with Crippen LogP contribution in [0, 0.1) is 0 Å². The van der Waals surface area contributed by atoms with Crippen molar-refractivity contribution in [3.8, 4) is 0 Å². The second kappa shape index (κ2) is 7.58. The van der Waals surface area contributed by atoms with E-state index in [-0.39, 0.29) is 34.6 Å². The van der Waals surface area contributed by atoms with Gasteiger partial charge in [0.15, 0.2) is 9.66 Å². The van der Waals surface area contributed by atoms with Gasteiger partial charge in [-0.2, -0.15) is 0 Å². The highest BCUT2D eigenvalue weighted by molar-refractivity contribution is 7.22. The van der Waals surface area contributed by atoms with Crippen LogP contribution in [0.4, 0.5) is 0 Å². The predicted molar refractivity (Wildman–Crippen MR) is 106 cm³/mol. The summed E-state index contributed by atoms with van der Waals surface area (Å²) < 4.78 is 13.0. The molecule has 0 atom stereocenters. The summed E-state index contributed by atoms with van der Waals surface area (Å²) in [5.41, 5.74) is 0.865. The number of carbonyl (C=O) groups excluding carboxylic acids is 2. The quantitative estimate of drug-likeness (QED) is 0.431. The van der Waals surface area contributed by atoms with Crippen LogP contribution in [0.2, 0.25) is 10.0 Å². The predicted octanol–water partition coefficient (Wildman–Crippen LogP) is 3.21. The molecule has 1 aromatic carbocycles. The topological polar surface area (TPSA) is 113 Å². The molecule has 0 aliphatic heterocycles. The molecule has 150 valence electrons. The van der Waals surface area contributed by atoms with Gasteiger partial charge in [-0.1, -0.05) is 45.0 Å². The van der Waals surface area contributed by atoms with Gasteiger partial charge in [-0.05, 0) is 26.0 Å². The molecule has 0 radical (unpaired) electrons. The number of halogens is 2. The number of nitrogens with zero attached hydrogens (tertiary/aromatic N) is 6. The lowest BCUT2D eigenvalue weighted by Crippen LogP contribution is -2.06. The maximum atomic E-state index is 12.4. The van der Waals surface area contributed by atoms with E-state index in [2.05, 4.69) is 20.6 Å². The molecule has 3 aromatic heterocycles. The van der Waals surface area contributed by atoms with Gasteiger partial charge >= 0.3 is 11.9 Å². The number of esters is 2. The number of carbonyl (C=O) groups is 2. The summed E-state index contributed by atoms with van der Waals surface area (Å²) in [5, 5.41) is 16.6. The second-order valence-corrected chi connectivity index (χ2v) is 7.40. The summed E-state index contributed by atoms with van der Waals surface area (Å²) >= 11 is 13.4. The molecule has 0 saturated heterocycles. The lowest BCUT2D eigenvalue weighted by atomic mass is 10.3. The lowest BCUT2D eigenvalue weighted by molar-refractivity contribution is 0.0512. The largest absolute Gasteiger partial charge is 0.461 e. The van der Waals surface area contributed by atoms with Gasteiger partial charge in [0.05, 0.1) is 34.3 Å². The van der Waals surface area contributed by atoms with Crippen molar-refractivity contribution >= 4 is 67.2 Å². The van der Waals surface area contributed by atoms with Gasteiger partial charge in [0.1, 0.15) is 0 Å². The first-order valence-electron chi connectivity index (χ1n) is 8.39. The normalized spacial score (nSPS) is 11.3. The Morgan fingerprint density at radius 2 is 1.31 bits per heavy atom. The number of ether oxygens (including phenoxy) is 2. The molecule has 0 unspecified atom stereocenters. The van der Waals surface area contributed by atoms with Crippen LogP contribution in [-0.4, -0.2) is 54.8 Å². The maximum Gasteiger partial charge on any atom is 0.362 e. The average Bonchev–Trinajstić information content (AvgIpc) is 3.26. The van der Waals surface area contributed by atoms with Crippen molar-refractivity contribution in [3.05, 3.63) is 33.6 Å². The Kier molecular flexibility index (Phi) is 5.11. The van der Waals surface area contributed by atoms with E-state index in [9.17, 15) is 9.59 Å².